The molecule has 0 N–H and O–H groups in total. The highest BCUT2D eigenvalue weighted by Gasteiger charge is 2.19. The summed E-state index contributed by atoms with van der Waals surface area (Å²) in [6.45, 7) is 0. The topological polar surface area (TPSA) is 13.1 Å². The average molecular weight is 266 g/mol. The van der Waals surface area contributed by atoms with Crippen molar-refractivity contribution in [3.8, 4) is 0 Å². The highest BCUT2D eigenvalue weighted by atomic mass is 16.3. The van der Waals surface area contributed by atoms with Crippen LogP contribution in [-0.4, -0.2) is 0 Å². The van der Waals surface area contributed by atoms with Crippen molar-refractivity contribution >= 4 is 54.3 Å². The number of fused-ring (bicyclic) bond motifs is 1. The van der Waals surface area contributed by atoms with Crippen molar-refractivity contribution in [2.45, 2.75) is 0 Å². The van der Waals surface area contributed by atoms with Crippen LogP contribution in [0.3, 0.4) is 0 Å². The highest BCUT2D eigenvalue weighted by Crippen LogP contribution is 2.45. The number of furan rings is 1. The van der Waals surface area contributed by atoms with Crippen molar-refractivity contribution in [2.24, 2.45) is 0 Å². The molecule has 0 aliphatic rings. The van der Waals surface area contributed by atoms with E-state index in [0.29, 0.717) is 0 Å². The molecule has 0 aliphatic carbocycles. The minimum absolute atomic E-state index is 0.993. The predicted octanol–water partition coefficient (Wildman–Crippen LogP) is 5.92. The summed E-state index contributed by atoms with van der Waals surface area (Å²) in [6.07, 6.45) is 0. The van der Waals surface area contributed by atoms with Crippen LogP contribution in [-0.2, 0) is 0 Å². The Morgan fingerprint density at radius 1 is 0.476 bits per heavy atom. The standard InChI is InChI=1S/C20H10O/c1-3-11-7-9-15-19-17(11)13(5-1)14-6-2-4-12-8-10-16(21-15)20(19)18(12)14/h1-10H. The van der Waals surface area contributed by atoms with E-state index in [1.54, 1.807) is 0 Å². The fourth-order valence-corrected chi connectivity index (χ4v) is 3.95. The second-order valence-electron chi connectivity index (χ2n) is 5.79. The zero-order valence-electron chi connectivity index (χ0n) is 11.2. The normalized spacial score (nSPS) is 12.8. The Hall–Kier alpha value is -2.80. The van der Waals surface area contributed by atoms with Crippen LogP contribution in [0.25, 0.3) is 54.3 Å². The molecule has 0 radical (unpaired) electrons. The lowest BCUT2D eigenvalue weighted by atomic mass is 9.90. The molecule has 0 aliphatic heterocycles. The van der Waals surface area contributed by atoms with Crippen LogP contribution in [0, 0.1) is 0 Å². The van der Waals surface area contributed by atoms with Crippen LogP contribution in [0.5, 0.6) is 0 Å². The molecule has 1 nitrogen and oxygen atoms in total. The van der Waals surface area contributed by atoms with E-state index in [1.165, 1.54) is 43.1 Å². The smallest absolute Gasteiger partial charge is 0.136 e. The Bertz CT molecular complexity index is 1170. The molecular formula is C20H10O. The van der Waals surface area contributed by atoms with Gasteiger partial charge in [-0.2, -0.15) is 0 Å². The summed E-state index contributed by atoms with van der Waals surface area (Å²) in [4.78, 5) is 0. The Labute approximate surface area is 120 Å². The molecule has 6 rings (SSSR count). The van der Waals surface area contributed by atoms with Gasteiger partial charge in [0.05, 0.1) is 0 Å². The van der Waals surface area contributed by atoms with Crippen LogP contribution in [0.2, 0.25) is 0 Å². The summed E-state index contributed by atoms with van der Waals surface area (Å²) >= 11 is 0. The van der Waals surface area contributed by atoms with Gasteiger partial charge in [-0.3, -0.25) is 0 Å². The van der Waals surface area contributed by atoms with E-state index in [0.717, 1.165) is 11.2 Å². The summed E-state index contributed by atoms with van der Waals surface area (Å²) in [5.74, 6) is 0. The molecule has 5 aromatic carbocycles. The fourth-order valence-electron chi connectivity index (χ4n) is 3.95. The molecule has 0 amide bonds. The Morgan fingerprint density at radius 3 is 1.52 bits per heavy atom. The maximum atomic E-state index is 6.10. The molecule has 1 aromatic heterocycles. The molecule has 0 atom stereocenters. The van der Waals surface area contributed by atoms with Crippen molar-refractivity contribution in [3.05, 3.63) is 60.7 Å². The maximum absolute atomic E-state index is 6.10. The zero-order chi connectivity index (χ0) is 13.6. The number of hydrogen-bond donors (Lipinski definition) is 0. The number of rotatable bonds is 0. The Balaban J connectivity index is 2.23. The molecule has 0 bridgehead atoms. The molecule has 0 spiro atoms. The van der Waals surface area contributed by atoms with E-state index in [-0.39, 0.29) is 0 Å². The molecule has 1 heteroatoms. The van der Waals surface area contributed by atoms with Crippen LogP contribution in [0.15, 0.2) is 65.1 Å². The maximum Gasteiger partial charge on any atom is 0.136 e. The Kier molecular flexibility index (Phi) is 1.47. The van der Waals surface area contributed by atoms with Crippen molar-refractivity contribution in [1.82, 2.24) is 0 Å². The summed E-state index contributed by atoms with van der Waals surface area (Å²) < 4.78 is 6.10. The van der Waals surface area contributed by atoms with Crippen LogP contribution < -0.4 is 0 Å². The van der Waals surface area contributed by atoms with Crippen LogP contribution >= 0.6 is 0 Å². The first-order valence-corrected chi connectivity index (χ1v) is 7.22. The average Bonchev–Trinajstić information content (AvgIpc) is 2.93. The molecule has 0 saturated heterocycles. The van der Waals surface area contributed by atoms with Crippen molar-refractivity contribution in [3.63, 3.8) is 0 Å². The molecule has 0 saturated carbocycles. The third-order valence-electron chi connectivity index (χ3n) is 4.77. The van der Waals surface area contributed by atoms with E-state index in [2.05, 4.69) is 60.7 Å². The first-order chi connectivity index (χ1) is 10.4. The van der Waals surface area contributed by atoms with Crippen LogP contribution in [0.1, 0.15) is 0 Å². The van der Waals surface area contributed by atoms with Crippen LogP contribution in [0.4, 0.5) is 0 Å². The molecule has 0 fully saturated rings. The SMILES string of the molecule is c1cc2ccc3oc4ccc5cccc6c(c1)c2c3c4c56. The van der Waals surface area contributed by atoms with Gasteiger partial charge in [-0.1, -0.05) is 48.5 Å². The third-order valence-corrected chi connectivity index (χ3v) is 4.77. The molecule has 96 valence electrons. The molecule has 1 heterocycles. The van der Waals surface area contributed by atoms with Gasteiger partial charge in [0, 0.05) is 21.5 Å². The first kappa shape index (κ1) is 10.0. The minimum atomic E-state index is 0.993. The van der Waals surface area contributed by atoms with Crippen molar-refractivity contribution < 1.29 is 4.42 Å². The summed E-state index contributed by atoms with van der Waals surface area (Å²) in [7, 11) is 0. The lowest BCUT2D eigenvalue weighted by Gasteiger charge is -2.11. The molecular weight excluding hydrogens is 256 g/mol. The second-order valence-corrected chi connectivity index (χ2v) is 5.79. The van der Waals surface area contributed by atoms with Gasteiger partial charge in [0.25, 0.3) is 0 Å². The first-order valence-electron chi connectivity index (χ1n) is 7.22. The summed E-state index contributed by atoms with van der Waals surface area (Å²) in [6, 6.07) is 21.6. The zero-order valence-corrected chi connectivity index (χ0v) is 11.2. The minimum Gasteiger partial charge on any atom is -0.456 e. The molecule has 21 heavy (non-hydrogen) atoms. The number of hydrogen-bond acceptors (Lipinski definition) is 1. The van der Waals surface area contributed by atoms with E-state index in [9.17, 15) is 0 Å². The summed E-state index contributed by atoms with van der Waals surface area (Å²) in [5, 5.41) is 10.4. The second kappa shape index (κ2) is 3.09. The van der Waals surface area contributed by atoms with Gasteiger partial charge in [0.15, 0.2) is 0 Å². The third kappa shape index (κ3) is 0.995. The molecule has 6 aromatic rings. The summed E-state index contributed by atoms with van der Waals surface area (Å²) in [5.41, 5.74) is 1.99. The van der Waals surface area contributed by atoms with Gasteiger partial charge in [-0.05, 0) is 33.7 Å². The molecule has 0 unspecified atom stereocenters. The van der Waals surface area contributed by atoms with Gasteiger partial charge in [-0.25, -0.2) is 0 Å². The monoisotopic (exact) mass is 266 g/mol. The van der Waals surface area contributed by atoms with E-state index in [4.69, 9.17) is 4.42 Å². The Morgan fingerprint density at radius 2 is 1.00 bits per heavy atom. The van der Waals surface area contributed by atoms with Gasteiger partial charge in [-0.15, -0.1) is 0 Å². The van der Waals surface area contributed by atoms with Gasteiger partial charge < -0.3 is 4.42 Å². The van der Waals surface area contributed by atoms with Crippen molar-refractivity contribution in [2.75, 3.05) is 0 Å². The van der Waals surface area contributed by atoms with E-state index < -0.39 is 0 Å². The lowest BCUT2D eigenvalue weighted by Crippen LogP contribution is -1.85. The van der Waals surface area contributed by atoms with Crippen molar-refractivity contribution in [1.29, 1.82) is 0 Å². The van der Waals surface area contributed by atoms with Gasteiger partial charge in [0.2, 0.25) is 0 Å². The fraction of sp³-hybridized carbons (Fsp3) is 0. The quantitative estimate of drug-likeness (QED) is 0.245. The largest absolute Gasteiger partial charge is 0.456 e. The lowest BCUT2D eigenvalue weighted by molar-refractivity contribution is 0.669. The van der Waals surface area contributed by atoms with E-state index in [1.807, 2.05) is 0 Å². The predicted molar refractivity (Wildman–Crippen MR) is 88.6 cm³/mol. The van der Waals surface area contributed by atoms with Gasteiger partial charge in [0.1, 0.15) is 11.2 Å². The highest BCUT2D eigenvalue weighted by molar-refractivity contribution is 6.39. The number of benzene rings is 5. The van der Waals surface area contributed by atoms with Gasteiger partial charge >= 0.3 is 0 Å². The van der Waals surface area contributed by atoms with E-state index >= 15 is 0 Å².